The van der Waals surface area contributed by atoms with Crippen LogP contribution in [0.3, 0.4) is 0 Å². The van der Waals surface area contributed by atoms with Crippen LogP contribution in [0.5, 0.6) is 0 Å². The molecule has 0 saturated heterocycles. The molecule has 1 aromatic rings. The molecule has 1 fully saturated rings. The van der Waals surface area contributed by atoms with E-state index < -0.39 is 26.6 Å². The molecule has 0 bridgehead atoms. The fourth-order valence-corrected chi connectivity index (χ4v) is 4.09. The lowest BCUT2D eigenvalue weighted by molar-refractivity contribution is 0.284. The fraction of sp³-hybridized carbons (Fsp3) is 0.538. The highest BCUT2D eigenvalue weighted by Gasteiger charge is 2.32. The molecule has 1 aliphatic carbocycles. The highest BCUT2D eigenvalue weighted by Crippen LogP contribution is 2.29. The van der Waals surface area contributed by atoms with Gasteiger partial charge in [-0.3, -0.25) is 0 Å². The molecular formula is C13H18F2N2O2S. The largest absolute Gasteiger partial charge is 0.399 e. The molecule has 0 aromatic heterocycles. The van der Waals surface area contributed by atoms with Crippen LogP contribution in [0.2, 0.25) is 0 Å². The SMILES string of the molecule is CN(C1CCCCC1)S(=O)(=O)c1cc(N)cc(F)c1F. The van der Waals surface area contributed by atoms with Crippen molar-refractivity contribution in [1.82, 2.24) is 4.31 Å². The first-order chi connectivity index (χ1) is 9.34. The van der Waals surface area contributed by atoms with Gasteiger partial charge in [-0.2, -0.15) is 4.31 Å². The van der Waals surface area contributed by atoms with Gasteiger partial charge in [-0.1, -0.05) is 19.3 Å². The van der Waals surface area contributed by atoms with E-state index in [4.69, 9.17) is 5.73 Å². The lowest BCUT2D eigenvalue weighted by atomic mass is 9.96. The van der Waals surface area contributed by atoms with Crippen LogP contribution in [0.15, 0.2) is 17.0 Å². The van der Waals surface area contributed by atoms with Crippen LogP contribution in [0.1, 0.15) is 32.1 Å². The van der Waals surface area contributed by atoms with E-state index >= 15 is 0 Å². The number of halogens is 2. The van der Waals surface area contributed by atoms with E-state index in [2.05, 4.69) is 0 Å². The van der Waals surface area contributed by atoms with Crippen molar-refractivity contribution >= 4 is 15.7 Å². The lowest BCUT2D eigenvalue weighted by Gasteiger charge is -2.30. The van der Waals surface area contributed by atoms with Crippen molar-refractivity contribution in [2.45, 2.75) is 43.0 Å². The van der Waals surface area contributed by atoms with Gasteiger partial charge in [0.05, 0.1) is 0 Å². The number of hydrogen-bond acceptors (Lipinski definition) is 3. The standard InChI is InChI=1S/C13H18F2N2O2S/c1-17(10-5-3-2-4-6-10)20(18,19)12-8-9(16)7-11(14)13(12)15/h7-8,10H,2-6,16H2,1H3. The maximum atomic E-state index is 13.8. The summed E-state index contributed by atoms with van der Waals surface area (Å²) >= 11 is 0. The normalized spacial score (nSPS) is 17.6. The monoisotopic (exact) mass is 304 g/mol. The van der Waals surface area contributed by atoms with E-state index in [0.717, 1.165) is 48.5 Å². The maximum absolute atomic E-state index is 13.8. The van der Waals surface area contributed by atoms with Crippen LogP contribution in [0.4, 0.5) is 14.5 Å². The van der Waals surface area contributed by atoms with Gasteiger partial charge in [0, 0.05) is 18.8 Å². The van der Waals surface area contributed by atoms with E-state index in [1.165, 1.54) is 7.05 Å². The van der Waals surface area contributed by atoms with Crippen molar-refractivity contribution in [1.29, 1.82) is 0 Å². The summed E-state index contributed by atoms with van der Waals surface area (Å²) in [6.07, 6.45) is 4.44. The Labute approximate surface area is 117 Å². The number of nitrogen functional groups attached to an aromatic ring is 1. The Morgan fingerprint density at radius 3 is 2.40 bits per heavy atom. The highest BCUT2D eigenvalue weighted by atomic mass is 32.2. The van der Waals surface area contributed by atoms with Crippen LogP contribution in [0.25, 0.3) is 0 Å². The number of anilines is 1. The molecule has 1 aliphatic rings. The summed E-state index contributed by atoms with van der Waals surface area (Å²) in [7, 11) is -2.67. The smallest absolute Gasteiger partial charge is 0.246 e. The molecule has 0 heterocycles. The van der Waals surface area contributed by atoms with Gasteiger partial charge < -0.3 is 5.73 Å². The quantitative estimate of drug-likeness (QED) is 0.873. The molecule has 1 saturated carbocycles. The van der Waals surface area contributed by atoms with Gasteiger partial charge in [0.25, 0.3) is 0 Å². The minimum atomic E-state index is -4.08. The Morgan fingerprint density at radius 1 is 1.20 bits per heavy atom. The Morgan fingerprint density at radius 2 is 1.80 bits per heavy atom. The molecule has 0 amide bonds. The van der Waals surface area contributed by atoms with Gasteiger partial charge in [-0.05, 0) is 25.0 Å². The van der Waals surface area contributed by atoms with Crippen molar-refractivity contribution in [2.24, 2.45) is 0 Å². The zero-order valence-corrected chi connectivity index (χ0v) is 12.1. The second-order valence-corrected chi connectivity index (χ2v) is 7.09. The Bertz CT molecular complexity index is 599. The van der Waals surface area contributed by atoms with Gasteiger partial charge >= 0.3 is 0 Å². The number of rotatable bonds is 3. The van der Waals surface area contributed by atoms with E-state index in [0.29, 0.717) is 0 Å². The topological polar surface area (TPSA) is 63.4 Å². The Kier molecular flexibility index (Phi) is 4.29. The van der Waals surface area contributed by atoms with Crippen LogP contribution >= 0.6 is 0 Å². The third kappa shape index (κ3) is 2.78. The molecule has 7 heteroatoms. The number of sulfonamides is 1. The Balaban J connectivity index is 2.39. The molecule has 20 heavy (non-hydrogen) atoms. The van der Waals surface area contributed by atoms with Crippen LogP contribution in [-0.2, 0) is 10.0 Å². The van der Waals surface area contributed by atoms with Gasteiger partial charge in [-0.25, -0.2) is 17.2 Å². The highest BCUT2D eigenvalue weighted by molar-refractivity contribution is 7.89. The van der Waals surface area contributed by atoms with Crippen LogP contribution < -0.4 is 5.73 Å². The molecule has 0 radical (unpaired) electrons. The number of hydrogen-bond donors (Lipinski definition) is 1. The van der Waals surface area contributed by atoms with Crippen molar-refractivity contribution in [3.8, 4) is 0 Å². The molecular weight excluding hydrogens is 286 g/mol. The summed E-state index contributed by atoms with van der Waals surface area (Å²) < 4.78 is 53.1. The van der Waals surface area contributed by atoms with Gasteiger partial charge in [-0.15, -0.1) is 0 Å². The molecule has 112 valence electrons. The molecule has 0 unspecified atom stereocenters. The van der Waals surface area contributed by atoms with E-state index in [1.807, 2.05) is 0 Å². The first-order valence-corrected chi connectivity index (χ1v) is 8.00. The third-order valence-corrected chi connectivity index (χ3v) is 5.67. The van der Waals surface area contributed by atoms with Crippen molar-refractivity contribution in [3.63, 3.8) is 0 Å². The van der Waals surface area contributed by atoms with Crippen molar-refractivity contribution < 1.29 is 17.2 Å². The first-order valence-electron chi connectivity index (χ1n) is 6.56. The average molecular weight is 304 g/mol. The molecule has 1 aromatic carbocycles. The zero-order chi connectivity index (χ0) is 14.9. The molecule has 2 N–H and O–H groups in total. The summed E-state index contributed by atoms with van der Waals surface area (Å²) in [5, 5.41) is 0. The summed E-state index contributed by atoms with van der Waals surface area (Å²) in [5.74, 6) is -2.62. The van der Waals surface area contributed by atoms with Crippen LogP contribution in [0, 0.1) is 11.6 Å². The number of benzene rings is 1. The summed E-state index contributed by atoms with van der Waals surface area (Å²) in [4.78, 5) is -0.692. The summed E-state index contributed by atoms with van der Waals surface area (Å²) in [5.41, 5.74) is 5.30. The van der Waals surface area contributed by atoms with E-state index in [-0.39, 0.29) is 11.7 Å². The predicted molar refractivity (Wildman–Crippen MR) is 72.6 cm³/mol. The third-order valence-electron chi connectivity index (χ3n) is 3.76. The molecule has 4 nitrogen and oxygen atoms in total. The Hall–Kier alpha value is -1.21. The second kappa shape index (κ2) is 5.65. The predicted octanol–water partition coefficient (Wildman–Crippen LogP) is 2.50. The van der Waals surface area contributed by atoms with E-state index in [9.17, 15) is 17.2 Å². The van der Waals surface area contributed by atoms with Gasteiger partial charge in [0.1, 0.15) is 4.90 Å². The molecule has 0 atom stereocenters. The lowest BCUT2D eigenvalue weighted by Crippen LogP contribution is -2.38. The summed E-state index contributed by atoms with van der Waals surface area (Å²) in [6.45, 7) is 0. The van der Waals surface area contributed by atoms with Crippen molar-refractivity contribution in [3.05, 3.63) is 23.8 Å². The minimum absolute atomic E-state index is 0.112. The zero-order valence-electron chi connectivity index (χ0n) is 11.3. The number of nitrogens with zero attached hydrogens (tertiary/aromatic N) is 1. The first kappa shape index (κ1) is 15.2. The molecule has 0 spiro atoms. The maximum Gasteiger partial charge on any atom is 0.246 e. The molecule has 2 rings (SSSR count). The number of nitrogens with two attached hydrogens (primary N) is 1. The summed E-state index contributed by atoms with van der Waals surface area (Å²) in [6, 6.07) is 1.57. The van der Waals surface area contributed by atoms with Crippen LogP contribution in [-0.4, -0.2) is 25.8 Å². The van der Waals surface area contributed by atoms with E-state index in [1.54, 1.807) is 0 Å². The fourth-order valence-electron chi connectivity index (χ4n) is 2.57. The molecule has 0 aliphatic heterocycles. The van der Waals surface area contributed by atoms with Crippen molar-refractivity contribution in [2.75, 3.05) is 12.8 Å². The average Bonchev–Trinajstić information content (AvgIpc) is 2.42. The minimum Gasteiger partial charge on any atom is -0.399 e. The second-order valence-electron chi connectivity index (χ2n) is 5.13. The van der Waals surface area contributed by atoms with Gasteiger partial charge in [0.2, 0.25) is 10.0 Å². The van der Waals surface area contributed by atoms with Gasteiger partial charge in [0.15, 0.2) is 11.6 Å².